The predicted molar refractivity (Wildman–Crippen MR) is 569 cm³/mol. The number of hydrogen-bond donors (Lipinski definition) is 2. The molecule has 2 N–H and O–H groups in total. The Morgan fingerprint density at radius 2 is 0.653 bits per heavy atom. The van der Waals surface area contributed by atoms with Crippen molar-refractivity contribution < 1.29 is 106 Å². The molecule has 147 heavy (non-hydrogen) atoms. The number of halogens is 4. The fraction of sp³-hybridized carbons (Fsp3) is 0.305. The van der Waals surface area contributed by atoms with Crippen LogP contribution in [0.4, 0.5) is 23.2 Å². The van der Waals surface area contributed by atoms with Crippen molar-refractivity contribution in [3.05, 3.63) is 383 Å². The van der Waals surface area contributed by atoms with Gasteiger partial charge in [0.1, 0.15) is 71.7 Å². The third-order valence-corrected chi connectivity index (χ3v) is 29.3. The van der Waals surface area contributed by atoms with Crippen molar-refractivity contribution in [3.8, 4) is 40.2 Å². The molecule has 0 fully saturated rings. The van der Waals surface area contributed by atoms with Crippen molar-refractivity contribution in [2.75, 3.05) is 0 Å². The molecule has 0 bridgehead atoms. The van der Waals surface area contributed by atoms with Crippen LogP contribution in [0.2, 0.25) is 0 Å². The van der Waals surface area contributed by atoms with Crippen LogP contribution >= 0.6 is 0 Å². The average Bonchev–Trinajstić information content (AvgIpc) is 0.766. The number of hydrogen-bond acceptors (Lipinski definition) is 19. The molecule has 0 amide bonds. The molecule has 0 radical (unpaired) electrons. The smallest absolute Gasteiger partial charge is 0.335 e. The van der Waals surface area contributed by atoms with E-state index in [2.05, 4.69) is 210 Å². The molecule has 0 aliphatic carbocycles. The van der Waals surface area contributed by atoms with Crippen LogP contribution in [0, 0.1) is 49.6 Å². The molecule has 3 unspecified atom stereocenters. The van der Waals surface area contributed by atoms with E-state index in [0.717, 1.165) is 61.3 Å². The van der Waals surface area contributed by atoms with Crippen LogP contribution in [0.1, 0.15) is 234 Å². The molecule has 0 saturated heterocycles. The van der Waals surface area contributed by atoms with Crippen molar-refractivity contribution in [2.24, 2.45) is 16.2 Å². The summed E-state index contributed by atoms with van der Waals surface area (Å²) < 4.78 is 152. The Morgan fingerprint density at radius 1 is 0.374 bits per heavy atom. The lowest BCUT2D eigenvalue weighted by atomic mass is 9.91. The molecule has 13 aromatic carbocycles. The number of esters is 3. The van der Waals surface area contributed by atoms with Crippen LogP contribution in [0.25, 0.3) is 0 Å². The molecule has 29 heteroatoms. The number of carboxylic acid groups (broad SMARTS) is 1. The minimum atomic E-state index is -5.74. The van der Waals surface area contributed by atoms with Gasteiger partial charge in [-0.3, -0.25) is 24.5 Å². The van der Waals surface area contributed by atoms with Crippen LogP contribution in [0.15, 0.2) is 361 Å². The number of rotatable bonds is 30. The van der Waals surface area contributed by atoms with Gasteiger partial charge in [-0.05, 0) is 319 Å². The van der Waals surface area contributed by atoms with Gasteiger partial charge in [-0.15, -0.1) is 0 Å². The van der Waals surface area contributed by atoms with E-state index >= 15 is 0 Å². The quantitative estimate of drug-likeness (QED) is 0.00617. The van der Waals surface area contributed by atoms with E-state index < -0.39 is 110 Å². The number of carbonyl (C=O) groups excluding carboxylic acids is 3. The zero-order valence-corrected chi connectivity index (χ0v) is 90.4. The maximum Gasteiger partial charge on any atom is 0.335 e. The Balaban J connectivity index is 0.000000259. The molecule has 3 atom stereocenters. The largest absolute Gasteiger partial charge is 0.744 e. The lowest BCUT2D eigenvalue weighted by molar-refractivity contribution is -0.385. The van der Waals surface area contributed by atoms with E-state index in [-0.39, 0.29) is 44.9 Å². The van der Waals surface area contributed by atoms with Gasteiger partial charge in [0, 0.05) is 6.07 Å². The monoisotopic (exact) mass is 2090 g/mol. The fourth-order valence-electron chi connectivity index (χ4n) is 12.6. The Morgan fingerprint density at radius 3 is 0.912 bits per heavy atom. The zero-order valence-electron chi connectivity index (χ0n) is 87.1. The highest BCUT2D eigenvalue weighted by atomic mass is 32.2. The van der Waals surface area contributed by atoms with Gasteiger partial charge in [-0.1, -0.05) is 220 Å². The van der Waals surface area contributed by atoms with E-state index in [1.807, 2.05) is 145 Å². The summed E-state index contributed by atoms with van der Waals surface area (Å²) in [5.41, 5.74) is 1.37. The topological polar surface area (TPSA) is 322 Å². The summed E-state index contributed by atoms with van der Waals surface area (Å²) in [6.07, 6.45) is 5.08. The third kappa shape index (κ3) is 40.1. The molecule has 13 aromatic rings. The van der Waals surface area contributed by atoms with Gasteiger partial charge < -0.3 is 47.7 Å². The second-order valence-electron chi connectivity index (χ2n) is 37.9. The number of phenols is 1. The van der Waals surface area contributed by atoms with Gasteiger partial charge in [-0.2, -0.15) is 8.78 Å². The maximum atomic E-state index is 13.8. The zero-order chi connectivity index (χ0) is 109. The van der Waals surface area contributed by atoms with E-state index in [0.29, 0.717) is 58.6 Å². The average molecular weight is 2090 g/mol. The van der Waals surface area contributed by atoms with E-state index in [4.69, 9.17) is 38.6 Å². The lowest BCUT2D eigenvalue weighted by Crippen LogP contribution is -2.28. The number of aromatic hydroxyl groups is 1. The molecule has 784 valence electrons. The summed E-state index contributed by atoms with van der Waals surface area (Å²) in [4.78, 5) is 61.5. The van der Waals surface area contributed by atoms with Gasteiger partial charge in [0.25, 0.3) is 0 Å². The van der Waals surface area contributed by atoms with Crippen LogP contribution in [0.3, 0.4) is 0 Å². The number of nitro benzene ring substituents is 1. The summed E-state index contributed by atoms with van der Waals surface area (Å²) in [6, 6.07) is 102. The number of carbonyl (C=O) groups is 4. The second-order valence-corrected chi connectivity index (χ2v) is 44.7. The number of carboxylic acids is 1. The maximum absolute atomic E-state index is 13.8. The first-order valence-corrected chi connectivity index (χ1v) is 53.3. The van der Waals surface area contributed by atoms with Gasteiger partial charge in [-0.25, -0.2) is 30.4 Å². The SMILES string of the molecule is CCC(C)(C)C(=O)Oc1ccc(OC(C)(C)C)cc1.CCC(C)(C)C(=O)Oc1ccc(OC(C)(C)C)cc1.CCC(C)(C)C(=O)Oc1ccc(S(=O)(=O)[O-])cc1[N+](=O)[O-].CCC(C)c1ccc(C(=O)O)cc1.CCC(C)c1ccc(COc2c(F)c(F)c(S(=O)(=O)[O-])c(F)c2F)cc1.CCC(C)c1ccc(O)cc1.c1ccc([S+](c2ccccc2)c2ccccc2)cc1.c1ccc([S+](c2ccccc2)c2ccccc2)cc1. The van der Waals surface area contributed by atoms with Crippen molar-refractivity contribution in [1.29, 1.82) is 0 Å². The van der Waals surface area contributed by atoms with Gasteiger partial charge in [0.15, 0.2) is 46.8 Å². The Labute approximate surface area is 869 Å². The van der Waals surface area contributed by atoms with Crippen molar-refractivity contribution >= 4 is 71.6 Å². The minimum Gasteiger partial charge on any atom is -0.744 e. The highest BCUT2D eigenvalue weighted by molar-refractivity contribution is 7.97. The molecular weight excluding hydrogens is 1960 g/mol. The second kappa shape index (κ2) is 57.6. The summed E-state index contributed by atoms with van der Waals surface area (Å²) in [6.45, 7) is 40.6. The Kier molecular flexibility index (Phi) is 47.9. The molecule has 0 heterocycles. The molecule has 0 aromatic heterocycles. The number of benzene rings is 13. The van der Waals surface area contributed by atoms with Crippen molar-refractivity contribution in [1.82, 2.24) is 0 Å². The Hall–Kier alpha value is -13.4. The van der Waals surface area contributed by atoms with Crippen LogP contribution in [0.5, 0.6) is 40.2 Å². The van der Waals surface area contributed by atoms with Gasteiger partial charge in [0.05, 0.1) is 53.4 Å². The van der Waals surface area contributed by atoms with Crippen LogP contribution in [-0.4, -0.2) is 76.2 Å². The van der Waals surface area contributed by atoms with Crippen molar-refractivity contribution in [2.45, 2.75) is 259 Å². The fourth-order valence-corrected chi connectivity index (χ4v) is 17.9. The van der Waals surface area contributed by atoms with Gasteiger partial charge in [0.2, 0.25) is 17.4 Å². The molecule has 0 spiro atoms. The number of phenolic OH excluding ortho intramolecular Hbond substituents is 1. The normalized spacial score (nSPS) is 11.9. The minimum absolute atomic E-state index is 0.0146. The predicted octanol–water partition coefficient (Wildman–Crippen LogP) is 29.9. The molecular formula is C118H135F4NO20S4. The molecule has 21 nitrogen and oxygen atoms in total. The third-order valence-electron chi connectivity index (χ3n) is 23.1. The lowest BCUT2D eigenvalue weighted by Gasteiger charge is -2.22. The first-order chi connectivity index (χ1) is 69.1. The standard InChI is InChI=1S/2C18H15S.C17H16F4O4S.2C16H24O3.C12H15NO7S.C11H14O2.C10H14O/c2*1-4-10-16(11-5-1)19(17-12-6-2-7-13-17)18-14-8-3-9-15-18;1-3-9(2)11-6-4-10(5-7-11)8-25-16-12(18)14(20)17(26(22,23)24)15(21)13(16)19;2*1-7-16(5,6)14(17)18-12-8-10-13(11-9-12)19-15(2,3)4;1-4-12(2,3)11(14)20-10-6-5-8(21(17,18)19)7-9(10)13(15)16;1-3-8(2)9-4-6-10(7-5-9)11(12)13;1-3-8(2)9-4-6-10(11)7-5-9/h2*1-15H;4-7,9H,3,8H2,1-2H3,(H,22,23,24);2*8-11H,7H2,1-6H3;5-7H,4H2,1-3H3,(H,17,18,19);4-8H,3H2,1-2H3,(H,12,13);4-8,11H,3H2,1-2H3/q2*+1;;;;;;/p-2. The number of nitro groups is 1. The number of aromatic carboxylic acids is 1. The highest BCUT2D eigenvalue weighted by Crippen LogP contribution is 2.39. The number of nitrogens with zero attached hydrogens (tertiary/aromatic N) is 1. The van der Waals surface area contributed by atoms with E-state index in [1.165, 1.54) is 40.5 Å². The van der Waals surface area contributed by atoms with Crippen LogP contribution < -0.4 is 28.4 Å². The first kappa shape index (κ1) is 122. The highest BCUT2D eigenvalue weighted by Gasteiger charge is 2.35. The summed E-state index contributed by atoms with van der Waals surface area (Å²) >= 11 is 0. The van der Waals surface area contributed by atoms with E-state index in [1.54, 1.807) is 93.6 Å². The first-order valence-electron chi connectivity index (χ1n) is 48.1. The molecule has 0 saturated carbocycles. The molecule has 13 rings (SSSR count). The summed E-state index contributed by atoms with van der Waals surface area (Å²) in [5.74, 6) is -8.24. The Bertz CT molecular complexity index is 6110. The van der Waals surface area contributed by atoms with E-state index in [9.17, 15) is 72.8 Å². The summed E-state index contributed by atoms with van der Waals surface area (Å²) in [5, 5.41) is 28.6. The van der Waals surface area contributed by atoms with Crippen LogP contribution in [-0.2, 0) is 63.0 Å². The van der Waals surface area contributed by atoms with Crippen molar-refractivity contribution in [3.63, 3.8) is 0 Å². The molecule has 0 aliphatic rings. The molecule has 0 aliphatic heterocycles. The van der Waals surface area contributed by atoms with Gasteiger partial charge >= 0.3 is 29.6 Å². The number of ether oxygens (including phenoxy) is 6. The summed E-state index contributed by atoms with van der Waals surface area (Å²) in [7, 11) is -10.6.